The van der Waals surface area contributed by atoms with Crippen LogP contribution in [0.5, 0.6) is 0 Å². The van der Waals surface area contributed by atoms with E-state index in [1.54, 1.807) is 0 Å². The number of carbonyl (C=O) groups excluding carboxylic acids is 1. The fourth-order valence-corrected chi connectivity index (χ4v) is 2.87. The summed E-state index contributed by atoms with van der Waals surface area (Å²) in [5.41, 5.74) is 0. The topological polar surface area (TPSA) is 41.1 Å². The summed E-state index contributed by atoms with van der Waals surface area (Å²) in [7, 11) is 0. The standard InChI is InChI=1S/C15H30N2O/c1-4-7-13(8-5-2)15(18)17-12(3)14-9-6-10-16-11-14/h12-14,16H,4-11H2,1-3H3,(H,17,18). The van der Waals surface area contributed by atoms with Crippen molar-refractivity contribution in [1.82, 2.24) is 10.6 Å². The van der Waals surface area contributed by atoms with E-state index >= 15 is 0 Å². The third kappa shape index (κ3) is 4.97. The van der Waals surface area contributed by atoms with Crippen LogP contribution >= 0.6 is 0 Å². The molecule has 106 valence electrons. The minimum atomic E-state index is 0.221. The summed E-state index contributed by atoms with van der Waals surface area (Å²) in [5.74, 6) is 1.10. The van der Waals surface area contributed by atoms with Gasteiger partial charge in [0, 0.05) is 12.0 Å². The summed E-state index contributed by atoms with van der Waals surface area (Å²) in [5, 5.41) is 6.66. The van der Waals surface area contributed by atoms with Crippen LogP contribution in [0.4, 0.5) is 0 Å². The van der Waals surface area contributed by atoms with E-state index in [2.05, 4.69) is 31.4 Å². The molecule has 0 radical (unpaired) electrons. The molecule has 1 aliphatic heterocycles. The quantitative estimate of drug-likeness (QED) is 0.733. The SMILES string of the molecule is CCCC(CCC)C(=O)NC(C)C1CCCNC1. The molecule has 18 heavy (non-hydrogen) atoms. The molecule has 0 aromatic heterocycles. The second kappa shape index (κ2) is 8.52. The van der Waals surface area contributed by atoms with Crippen molar-refractivity contribution in [1.29, 1.82) is 0 Å². The van der Waals surface area contributed by atoms with E-state index < -0.39 is 0 Å². The smallest absolute Gasteiger partial charge is 0.223 e. The molecule has 3 nitrogen and oxygen atoms in total. The van der Waals surface area contributed by atoms with Crippen molar-refractivity contribution in [3.63, 3.8) is 0 Å². The Bertz CT molecular complexity index is 231. The van der Waals surface area contributed by atoms with Crippen LogP contribution < -0.4 is 10.6 Å². The normalized spacial score (nSPS) is 21.9. The number of rotatable bonds is 7. The van der Waals surface area contributed by atoms with Gasteiger partial charge in [-0.2, -0.15) is 0 Å². The average molecular weight is 254 g/mol. The highest BCUT2D eigenvalue weighted by molar-refractivity contribution is 5.78. The lowest BCUT2D eigenvalue weighted by Crippen LogP contribution is -2.46. The van der Waals surface area contributed by atoms with Gasteiger partial charge >= 0.3 is 0 Å². The van der Waals surface area contributed by atoms with Gasteiger partial charge in [0.2, 0.25) is 5.91 Å². The first-order valence-corrected chi connectivity index (χ1v) is 7.70. The molecule has 1 aliphatic rings. The van der Waals surface area contributed by atoms with Crippen molar-refractivity contribution in [2.24, 2.45) is 11.8 Å². The Kier molecular flexibility index (Phi) is 7.33. The summed E-state index contributed by atoms with van der Waals surface area (Å²) in [6.45, 7) is 8.65. The van der Waals surface area contributed by atoms with Crippen LogP contribution in [0.25, 0.3) is 0 Å². The maximum Gasteiger partial charge on any atom is 0.223 e. The predicted octanol–water partition coefficient (Wildman–Crippen LogP) is 2.71. The van der Waals surface area contributed by atoms with Crippen molar-refractivity contribution in [2.45, 2.75) is 65.3 Å². The van der Waals surface area contributed by atoms with E-state index in [0.29, 0.717) is 12.0 Å². The van der Waals surface area contributed by atoms with Crippen molar-refractivity contribution in [3.8, 4) is 0 Å². The molecule has 0 bridgehead atoms. The monoisotopic (exact) mass is 254 g/mol. The molecular formula is C15H30N2O. The summed E-state index contributed by atoms with van der Waals surface area (Å²) in [4.78, 5) is 12.2. The first kappa shape index (κ1) is 15.5. The molecule has 0 saturated carbocycles. The minimum Gasteiger partial charge on any atom is -0.353 e. The van der Waals surface area contributed by atoms with Crippen molar-refractivity contribution in [2.75, 3.05) is 13.1 Å². The number of nitrogens with one attached hydrogen (secondary N) is 2. The van der Waals surface area contributed by atoms with Crippen LogP contribution in [-0.2, 0) is 4.79 Å². The zero-order chi connectivity index (χ0) is 13.4. The molecule has 2 N–H and O–H groups in total. The van der Waals surface area contributed by atoms with E-state index in [0.717, 1.165) is 38.8 Å². The zero-order valence-electron chi connectivity index (χ0n) is 12.3. The number of hydrogen-bond acceptors (Lipinski definition) is 2. The van der Waals surface area contributed by atoms with Crippen LogP contribution in [0.15, 0.2) is 0 Å². The summed E-state index contributed by atoms with van der Waals surface area (Å²) < 4.78 is 0. The Labute approximate surface area is 112 Å². The molecule has 1 amide bonds. The van der Waals surface area contributed by atoms with Gasteiger partial charge in [0.05, 0.1) is 0 Å². The Morgan fingerprint density at radius 2 is 2.00 bits per heavy atom. The highest BCUT2D eigenvalue weighted by atomic mass is 16.1. The lowest BCUT2D eigenvalue weighted by molar-refractivity contribution is -0.126. The highest BCUT2D eigenvalue weighted by Crippen LogP contribution is 2.17. The predicted molar refractivity (Wildman–Crippen MR) is 76.5 cm³/mol. The molecule has 1 saturated heterocycles. The number of piperidine rings is 1. The summed E-state index contributed by atoms with van der Waals surface area (Å²) in [6, 6.07) is 0.307. The molecule has 0 aromatic rings. The largest absolute Gasteiger partial charge is 0.353 e. The molecular weight excluding hydrogens is 224 g/mol. The number of carbonyl (C=O) groups is 1. The van der Waals surface area contributed by atoms with Crippen LogP contribution in [0.3, 0.4) is 0 Å². The molecule has 2 unspecified atom stereocenters. The third-order valence-electron chi connectivity index (χ3n) is 4.06. The maximum absolute atomic E-state index is 12.2. The van der Waals surface area contributed by atoms with Crippen LogP contribution in [0, 0.1) is 11.8 Å². The van der Waals surface area contributed by atoms with Gasteiger partial charge in [0.1, 0.15) is 0 Å². The second-order valence-electron chi connectivity index (χ2n) is 5.68. The molecule has 0 spiro atoms. The number of amides is 1. The van der Waals surface area contributed by atoms with Gasteiger partial charge in [0.15, 0.2) is 0 Å². The van der Waals surface area contributed by atoms with Gasteiger partial charge in [-0.25, -0.2) is 0 Å². The van der Waals surface area contributed by atoms with E-state index in [4.69, 9.17) is 0 Å². The first-order valence-electron chi connectivity index (χ1n) is 7.70. The van der Waals surface area contributed by atoms with Gasteiger partial charge in [-0.3, -0.25) is 4.79 Å². The molecule has 1 heterocycles. The molecule has 2 atom stereocenters. The van der Waals surface area contributed by atoms with Crippen molar-refractivity contribution < 1.29 is 4.79 Å². The minimum absolute atomic E-state index is 0.221. The summed E-state index contributed by atoms with van der Waals surface area (Å²) in [6.07, 6.45) is 6.71. The second-order valence-corrected chi connectivity index (χ2v) is 5.68. The highest BCUT2D eigenvalue weighted by Gasteiger charge is 2.24. The van der Waals surface area contributed by atoms with Crippen LogP contribution in [-0.4, -0.2) is 25.0 Å². The van der Waals surface area contributed by atoms with E-state index in [1.165, 1.54) is 12.8 Å². The lowest BCUT2D eigenvalue weighted by Gasteiger charge is -2.30. The van der Waals surface area contributed by atoms with Gasteiger partial charge < -0.3 is 10.6 Å². The molecule has 0 aromatic carbocycles. The zero-order valence-corrected chi connectivity index (χ0v) is 12.3. The Morgan fingerprint density at radius 1 is 1.33 bits per heavy atom. The van der Waals surface area contributed by atoms with E-state index in [-0.39, 0.29) is 11.8 Å². The van der Waals surface area contributed by atoms with E-state index in [9.17, 15) is 4.79 Å². The van der Waals surface area contributed by atoms with Crippen molar-refractivity contribution in [3.05, 3.63) is 0 Å². The molecule has 1 rings (SSSR count). The van der Waals surface area contributed by atoms with Crippen LogP contribution in [0.1, 0.15) is 59.3 Å². The number of hydrogen-bond donors (Lipinski definition) is 2. The fourth-order valence-electron chi connectivity index (χ4n) is 2.87. The average Bonchev–Trinajstić information content (AvgIpc) is 2.39. The van der Waals surface area contributed by atoms with Gasteiger partial charge in [-0.05, 0) is 51.6 Å². The van der Waals surface area contributed by atoms with Gasteiger partial charge in [0.25, 0.3) is 0 Å². The third-order valence-corrected chi connectivity index (χ3v) is 4.06. The summed E-state index contributed by atoms with van der Waals surface area (Å²) >= 11 is 0. The lowest BCUT2D eigenvalue weighted by atomic mass is 9.91. The Morgan fingerprint density at radius 3 is 2.50 bits per heavy atom. The first-order chi connectivity index (χ1) is 8.69. The van der Waals surface area contributed by atoms with Gasteiger partial charge in [-0.15, -0.1) is 0 Å². The molecule has 1 fully saturated rings. The molecule has 0 aliphatic carbocycles. The van der Waals surface area contributed by atoms with E-state index in [1.807, 2.05) is 0 Å². The Balaban J connectivity index is 2.40. The fraction of sp³-hybridized carbons (Fsp3) is 0.933. The van der Waals surface area contributed by atoms with Crippen molar-refractivity contribution >= 4 is 5.91 Å². The maximum atomic E-state index is 12.2. The molecule has 3 heteroatoms. The Hall–Kier alpha value is -0.570. The van der Waals surface area contributed by atoms with Gasteiger partial charge in [-0.1, -0.05) is 26.7 Å². The van der Waals surface area contributed by atoms with Crippen LogP contribution in [0.2, 0.25) is 0 Å².